The Labute approximate surface area is 110 Å². The standard InChI is InChI=1S/C13H15N3O3/c1-16-12(10(19-3)7-15-16)13(17)8-5-4-6-9(18-2)11(8)14/h4-7H,14H2,1-3H3. The Kier molecular flexibility index (Phi) is 3.41. The number of carbonyl (C=O) groups is 1. The van der Waals surface area contributed by atoms with Crippen LogP contribution in [0.3, 0.4) is 0 Å². The minimum Gasteiger partial charge on any atom is -0.495 e. The molecule has 6 nitrogen and oxygen atoms in total. The third kappa shape index (κ3) is 2.12. The van der Waals surface area contributed by atoms with E-state index < -0.39 is 0 Å². The number of para-hydroxylation sites is 1. The van der Waals surface area contributed by atoms with Gasteiger partial charge in [0.2, 0.25) is 5.78 Å². The van der Waals surface area contributed by atoms with Gasteiger partial charge >= 0.3 is 0 Å². The number of nitrogens with two attached hydrogens (primary N) is 1. The number of anilines is 1. The van der Waals surface area contributed by atoms with Crippen LogP contribution in [0, 0.1) is 0 Å². The van der Waals surface area contributed by atoms with Crippen molar-refractivity contribution in [1.82, 2.24) is 9.78 Å². The van der Waals surface area contributed by atoms with Crippen LogP contribution >= 0.6 is 0 Å². The molecule has 1 aromatic heterocycles. The van der Waals surface area contributed by atoms with Crippen molar-refractivity contribution in [1.29, 1.82) is 0 Å². The molecule has 6 heteroatoms. The minimum absolute atomic E-state index is 0.256. The molecule has 0 atom stereocenters. The normalized spacial score (nSPS) is 10.3. The first kappa shape index (κ1) is 12.9. The topological polar surface area (TPSA) is 79.4 Å². The summed E-state index contributed by atoms with van der Waals surface area (Å²) in [6.07, 6.45) is 1.49. The van der Waals surface area contributed by atoms with E-state index in [1.54, 1.807) is 25.2 Å². The van der Waals surface area contributed by atoms with Gasteiger partial charge in [-0.15, -0.1) is 0 Å². The number of carbonyl (C=O) groups excluding carboxylic acids is 1. The fraction of sp³-hybridized carbons (Fsp3) is 0.231. The number of aryl methyl sites for hydroxylation is 1. The average Bonchev–Trinajstić information content (AvgIpc) is 2.79. The predicted octanol–water partition coefficient (Wildman–Crippen LogP) is 1.25. The Morgan fingerprint density at radius 1 is 1.26 bits per heavy atom. The molecule has 2 N–H and O–H groups in total. The summed E-state index contributed by atoms with van der Waals surface area (Å²) in [4.78, 5) is 12.5. The number of rotatable bonds is 4. The van der Waals surface area contributed by atoms with E-state index in [-0.39, 0.29) is 5.78 Å². The second-order valence-electron chi connectivity index (χ2n) is 3.94. The Morgan fingerprint density at radius 3 is 2.58 bits per heavy atom. The maximum Gasteiger partial charge on any atom is 0.217 e. The lowest BCUT2D eigenvalue weighted by atomic mass is 10.1. The molecular weight excluding hydrogens is 246 g/mol. The van der Waals surface area contributed by atoms with Gasteiger partial charge in [0.15, 0.2) is 11.4 Å². The van der Waals surface area contributed by atoms with Gasteiger partial charge in [0.25, 0.3) is 0 Å². The summed E-state index contributed by atoms with van der Waals surface area (Å²) in [6.45, 7) is 0. The molecule has 0 saturated carbocycles. The average molecular weight is 261 g/mol. The number of hydrogen-bond donors (Lipinski definition) is 1. The smallest absolute Gasteiger partial charge is 0.217 e. The highest BCUT2D eigenvalue weighted by Gasteiger charge is 2.22. The molecule has 1 heterocycles. The zero-order valence-corrected chi connectivity index (χ0v) is 11.0. The largest absolute Gasteiger partial charge is 0.495 e. The SMILES string of the molecule is COc1cccc(C(=O)c2c(OC)cnn2C)c1N. The Hall–Kier alpha value is -2.50. The van der Waals surface area contributed by atoms with Gasteiger partial charge in [-0.05, 0) is 12.1 Å². The number of nitrogens with zero attached hydrogens (tertiary/aromatic N) is 2. The van der Waals surface area contributed by atoms with E-state index in [0.29, 0.717) is 28.4 Å². The van der Waals surface area contributed by atoms with E-state index in [1.807, 2.05) is 0 Å². The van der Waals surface area contributed by atoms with Gasteiger partial charge in [0, 0.05) is 7.05 Å². The summed E-state index contributed by atoms with van der Waals surface area (Å²) < 4.78 is 11.7. The van der Waals surface area contributed by atoms with E-state index in [4.69, 9.17) is 15.2 Å². The third-order valence-corrected chi connectivity index (χ3v) is 2.87. The van der Waals surface area contributed by atoms with Crippen molar-refractivity contribution < 1.29 is 14.3 Å². The van der Waals surface area contributed by atoms with Crippen LogP contribution in [0.4, 0.5) is 5.69 Å². The van der Waals surface area contributed by atoms with Gasteiger partial charge in [0.1, 0.15) is 5.75 Å². The summed E-state index contributed by atoms with van der Waals surface area (Å²) in [7, 11) is 4.67. The van der Waals surface area contributed by atoms with Crippen molar-refractivity contribution >= 4 is 11.5 Å². The van der Waals surface area contributed by atoms with Crippen molar-refractivity contribution in [3.05, 3.63) is 35.7 Å². The first-order chi connectivity index (χ1) is 9.10. The van der Waals surface area contributed by atoms with E-state index in [0.717, 1.165) is 0 Å². The number of methoxy groups -OCH3 is 2. The molecule has 0 radical (unpaired) electrons. The predicted molar refractivity (Wildman–Crippen MR) is 70.6 cm³/mol. The molecule has 19 heavy (non-hydrogen) atoms. The van der Waals surface area contributed by atoms with E-state index in [1.165, 1.54) is 25.1 Å². The van der Waals surface area contributed by atoms with E-state index >= 15 is 0 Å². The van der Waals surface area contributed by atoms with Crippen molar-refractivity contribution in [3.8, 4) is 11.5 Å². The second kappa shape index (κ2) is 5.01. The molecule has 0 amide bonds. The van der Waals surface area contributed by atoms with Crippen LogP contribution < -0.4 is 15.2 Å². The molecule has 0 spiro atoms. The molecule has 0 bridgehead atoms. The summed E-state index contributed by atoms with van der Waals surface area (Å²) in [5, 5.41) is 4.01. The van der Waals surface area contributed by atoms with Crippen molar-refractivity contribution in [2.24, 2.45) is 7.05 Å². The first-order valence-electron chi connectivity index (χ1n) is 5.63. The molecular formula is C13H15N3O3. The van der Waals surface area contributed by atoms with Crippen molar-refractivity contribution in [2.45, 2.75) is 0 Å². The monoisotopic (exact) mass is 261 g/mol. The van der Waals surface area contributed by atoms with Gasteiger partial charge in [0.05, 0.1) is 31.7 Å². The zero-order valence-electron chi connectivity index (χ0n) is 11.0. The molecule has 0 aliphatic heterocycles. The summed E-state index contributed by atoms with van der Waals surface area (Å²) in [5.41, 5.74) is 6.94. The van der Waals surface area contributed by atoms with Crippen LogP contribution in [0.2, 0.25) is 0 Å². The Bertz CT molecular complexity index is 620. The molecule has 0 unspecified atom stereocenters. The summed E-state index contributed by atoms with van der Waals surface area (Å²) in [5.74, 6) is 0.620. The van der Waals surface area contributed by atoms with Crippen molar-refractivity contribution in [3.63, 3.8) is 0 Å². The van der Waals surface area contributed by atoms with E-state index in [2.05, 4.69) is 5.10 Å². The Balaban J connectivity index is 2.53. The lowest BCUT2D eigenvalue weighted by molar-refractivity contribution is 0.102. The van der Waals surface area contributed by atoms with Gasteiger partial charge in [-0.2, -0.15) is 5.10 Å². The van der Waals surface area contributed by atoms with Crippen LogP contribution in [-0.4, -0.2) is 29.8 Å². The fourth-order valence-corrected chi connectivity index (χ4v) is 1.87. The molecule has 0 fully saturated rings. The quantitative estimate of drug-likeness (QED) is 0.662. The molecule has 0 saturated heterocycles. The number of benzene rings is 1. The van der Waals surface area contributed by atoms with E-state index in [9.17, 15) is 4.79 Å². The second-order valence-corrected chi connectivity index (χ2v) is 3.94. The van der Waals surface area contributed by atoms with Crippen molar-refractivity contribution in [2.75, 3.05) is 20.0 Å². The van der Waals surface area contributed by atoms with Crippen LogP contribution in [0.15, 0.2) is 24.4 Å². The lowest BCUT2D eigenvalue weighted by Gasteiger charge is -2.10. The summed E-state index contributed by atoms with van der Waals surface area (Å²) in [6, 6.07) is 5.06. The number of ketones is 1. The van der Waals surface area contributed by atoms with Crippen LogP contribution in [0.1, 0.15) is 16.1 Å². The molecule has 2 aromatic rings. The molecule has 0 aliphatic carbocycles. The van der Waals surface area contributed by atoms with Gasteiger partial charge in [-0.3, -0.25) is 9.48 Å². The number of nitrogen functional groups attached to an aromatic ring is 1. The van der Waals surface area contributed by atoms with Crippen LogP contribution in [-0.2, 0) is 7.05 Å². The zero-order chi connectivity index (χ0) is 14.0. The fourth-order valence-electron chi connectivity index (χ4n) is 1.87. The molecule has 1 aromatic carbocycles. The maximum atomic E-state index is 12.5. The molecule has 2 rings (SSSR count). The molecule has 0 aliphatic rings. The molecule has 100 valence electrons. The highest BCUT2D eigenvalue weighted by atomic mass is 16.5. The summed E-state index contributed by atoms with van der Waals surface area (Å²) >= 11 is 0. The number of hydrogen-bond acceptors (Lipinski definition) is 5. The highest BCUT2D eigenvalue weighted by Crippen LogP contribution is 2.29. The number of ether oxygens (including phenoxy) is 2. The number of aromatic nitrogens is 2. The van der Waals surface area contributed by atoms with Gasteiger partial charge < -0.3 is 15.2 Å². The third-order valence-electron chi connectivity index (χ3n) is 2.87. The maximum absolute atomic E-state index is 12.5. The van der Waals surface area contributed by atoms with Crippen LogP contribution in [0.5, 0.6) is 11.5 Å². The van der Waals surface area contributed by atoms with Crippen LogP contribution in [0.25, 0.3) is 0 Å². The highest BCUT2D eigenvalue weighted by molar-refractivity contribution is 6.13. The van der Waals surface area contributed by atoms with Gasteiger partial charge in [-0.1, -0.05) is 6.07 Å². The van der Waals surface area contributed by atoms with Gasteiger partial charge in [-0.25, -0.2) is 0 Å². The lowest BCUT2D eigenvalue weighted by Crippen LogP contribution is -2.12. The Morgan fingerprint density at radius 2 is 1.95 bits per heavy atom. The minimum atomic E-state index is -0.256. The first-order valence-corrected chi connectivity index (χ1v) is 5.63.